The number of hydrogen-bond acceptors (Lipinski definition) is 4. The number of carbonyl (C=O) groups is 1. The first kappa shape index (κ1) is 21.4. The van der Waals surface area contributed by atoms with Gasteiger partial charge in [-0.1, -0.05) is 11.6 Å². The van der Waals surface area contributed by atoms with Crippen molar-refractivity contribution in [2.24, 2.45) is 0 Å². The number of aromatic amines is 1. The molecule has 1 fully saturated rings. The Morgan fingerprint density at radius 1 is 1.15 bits per heavy atom. The van der Waals surface area contributed by atoms with Crippen molar-refractivity contribution in [3.8, 4) is 11.1 Å². The summed E-state index contributed by atoms with van der Waals surface area (Å²) in [6.07, 6.45) is 6.20. The molecule has 1 unspecified atom stereocenters. The molecule has 0 saturated carbocycles. The highest BCUT2D eigenvalue weighted by Crippen LogP contribution is 2.39. The fourth-order valence-electron chi connectivity index (χ4n) is 5.03. The fourth-order valence-corrected chi connectivity index (χ4v) is 5.03. The molecule has 0 bridgehead atoms. The van der Waals surface area contributed by atoms with Crippen LogP contribution in [0.1, 0.15) is 48.1 Å². The second kappa shape index (κ2) is 8.81. The van der Waals surface area contributed by atoms with Gasteiger partial charge in [-0.3, -0.25) is 9.78 Å². The van der Waals surface area contributed by atoms with E-state index < -0.39 is 0 Å². The lowest BCUT2D eigenvalue weighted by molar-refractivity contribution is -0.132. The Morgan fingerprint density at radius 3 is 2.73 bits per heavy atom. The molecule has 170 valence electrons. The lowest BCUT2D eigenvalue weighted by atomic mass is 9.89. The van der Waals surface area contributed by atoms with E-state index in [1.54, 1.807) is 0 Å². The van der Waals surface area contributed by atoms with E-state index in [4.69, 9.17) is 0 Å². The Bertz CT molecular complexity index is 1290. The average molecular weight is 443 g/mol. The van der Waals surface area contributed by atoms with Gasteiger partial charge >= 0.3 is 0 Å². The van der Waals surface area contributed by atoms with Crippen LogP contribution in [0.15, 0.2) is 42.7 Å². The average Bonchev–Trinajstić information content (AvgIpc) is 3.36. The minimum Gasteiger partial charge on any atom is -0.358 e. The van der Waals surface area contributed by atoms with Gasteiger partial charge in [-0.2, -0.15) is 5.10 Å². The summed E-state index contributed by atoms with van der Waals surface area (Å²) in [6, 6.07) is 10.7. The van der Waals surface area contributed by atoms with E-state index in [1.807, 2.05) is 35.8 Å². The standard InChI is InChI=1S/C26H30N6O/c1-17-6-7-23-22(15-17)25(20-8-11-27-12-9-20)26(29-23)21-5-4-13-31(16-21)24(33)10-14-32-19(3)28-18(2)30-32/h6-9,11-12,15,21,29H,4-5,10,13-14,16H2,1-3H3. The number of piperidine rings is 1. The van der Waals surface area contributed by atoms with E-state index >= 15 is 0 Å². The van der Waals surface area contributed by atoms with Gasteiger partial charge in [0.05, 0.1) is 6.54 Å². The first-order chi connectivity index (χ1) is 16.0. The lowest BCUT2D eigenvalue weighted by Gasteiger charge is -2.33. The van der Waals surface area contributed by atoms with Crippen LogP contribution in [0.3, 0.4) is 0 Å². The van der Waals surface area contributed by atoms with Gasteiger partial charge in [0.25, 0.3) is 0 Å². The van der Waals surface area contributed by atoms with Gasteiger partial charge in [0.2, 0.25) is 5.91 Å². The van der Waals surface area contributed by atoms with Gasteiger partial charge in [-0.25, -0.2) is 9.67 Å². The van der Waals surface area contributed by atoms with Crippen LogP contribution < -0.4 is 0 Å². The molecule has 7 nitrogen and oxygen atoms in total. The zero-order valence-electron chi connectivity index (χ0n) is 19.5. The summed E-state index contributed by atoms with van der Waals surface area (Å²) in [7, 11) is 0. The van der Waals surface area contributed by atoms with E-state index in [-0.39, 0.29) is 11.8 Å². The summed E-state index contributed by atoms with van der Waals surface area (Å²) in [6.45, 7) is 8.05. The summed E-state index contributed by atoms with van der Waals surface area (Å²) in [5, 5.41) is 5.62. The smallest absolute Gasteiger partial charge is 0.224 e. The number of benzene rings is 1. The first-order valence-corrected chi connectivity index (χ1v) is 11.7. The fraction of sp³-hybridized carbons (Fsp3) is 0.385. The van der Waals surface area contributed by atoms with Gasteiger partial charge in [0, 0.05) is 60.0 Å². The van der Waals surface area contributed by atoms with E-state index in [2.05, 4.69) is 57.3 Å². The molecule has 1 N–H and O–H groups in total. The molecule has 1 atom stereocenters. The van der Waals surface area contributed by atoms with E-state index in [1.165, 1.54) is 22.2 Å². The van der Waals surface area contributed by atoms with Crippen LogP contribution in [0, 0.1) is 20.8 Å². The number of nitrogens with one attached hydrogen (secondary N) is 1. The van der Waals surface area contributed by atoms with Crippen molar-refractivity contribution >= 4 is 16.8 Å². The number of pyridine rings is 1. The summed E-state index contributed by atoms with van der Waals surface area (Å²) >= 11 is 0. The summed E-state index contributed by atoms with van der Waals surface area (Å²) in [4.78, 5) is 27.4. The van der Waals surface area contributed by atoms with Gasteiger partial charge in [-0.15, -0.1) is 0 Å². The third kappa shape index (κ3) is 4.27. The van der Waals surface area contributed by atoms with Crippen LogP contribution in [0.4, 0.5) is 0 Å². The second-order valence-electron chi connectivity index (χ2n) is 9.06. The van der Waals surface area contributed by atoms with E-state index in [0.717, 1.165) is 48.7 Å². The van der Waals surface area contributed by atoms with Crippen molar-refractivity contribution in [3.05, 3.63) is 65.6 Å². The monoisotopic (exact) mass is 442 g/mol. The number of carbonyl (C=O) groups excluding carboxylic acids is 1. The Labute approximate surface area is 193 Å². The number of nitrogens with zero attached hydrogens (tertiary/aromatic N) is 5. The normalized spacial score (nSPS) is 16.5. The predicted molar refractivity (Wildman–Crippen MR) is 129 cm³/mol. The third-order valence-electron chi connectivity index (χ3n) is 6.63. The molecule has 4 heterocycles. The number of aromatic nitrogens is 5. The molecular weight excluding hydrogens is 412 g/mol. The quantitative estimate of drug-likeness (QED) is 0.492. The zero-order chi connectivity index (χ0) is 22.9. The van der Waals surface area contributed by atoms with Crippen LogP contribution in [-0.2, 0) is 11.3 Å². The van der Waals surface area contributed by atoms with E-state index in [9.17, 15) is 4.79 Å². The molecule has 33 heavy (non-hydrogen) atoms. The molecule has 1 saturated heterocycles. The first-order valence-electron chi connectivity index (χ1n) is 11.7. The number of hydrogen-bond donors (Lipinski definition) is 1. The van der Waals surface area contributed by atoms with Crippen molar-refractivity contribution in [1.82, 2.24) is 29.6 Å². The Balaban J connectivity index is 1.41. The predicted octanol–water partition coefficient (Wildman–Crippen LogP) is 4.54. The van der Waals surface area contributed by atoms with Crippen molar-refractivity contribution < 1.29 is 4.79 Å². The highest BCUT2D eigenvalue weighted by Gasteiger charge is 2.28. The second-order valence-corrected chi connectivity index (χ2v) is 9.06. The Morgan fingerprint density at radius 2 is 1.97 bits per heavy atom. The van der Waals surface area contributed by atoms with Crippen molar-refractivity contribution in [3.63, 3.8) is 0 Å². The lowest BCUT2D eigenvalue weighted by Crippen LogP contribution is -2.39. The van der Waals surface area contributed by atoms with Crippen LogP contribution in [0.5, 0.6) is 0 Å². The van der Waals surface area contributed by atoms with Crippen LogP contribution >= 0.6 is 0 Å². The van der Waals surface area contributed by atoms with Gasteiger partial charge in [0.15, 0.2) is 0 Å². The minimum atomic E-state index is 0.185. The molecule has 7 heteroatoms. The number of likely N-dealkylation sites (tertiary alicyclic amines) is 1. The van der Waals surface area contributed by atoms with Gasteiger partial charge in [-0.05, 0) is 63.4 Å². The maximum absolute atomic E-state index is 13.1. The third-order valence-corrected chi connectivity index (χ3v) is 6.63. The highest BCUT2D eigenvalue weighted by molar-refractivity contribution is 5.98. The maximum Gasteiger partial charge on any atom is 0.224 e. The van der Waals surface area contributed by atoms with Crippen molar-refractivity contribution in [2.75, 3.05) is 13.1 Å². The molecular formula is C26H30N6O. The molecule has 3 aromatic heterocycles. The molecule has 1 aromatic carbocycles. The molecule has 1 amide bonds. The number of amides is 1. The van der Waals surface area contributed by atoms with Crippen molar-refractivity contribution in [2.45, 2.75) is 52.5 Å². The summed E-state index contributed by atoms with van der Waals surface area (Å²) in [5.74, 6) is 2.06. The van der Waals surface area contributed by atoms with Crippen molar-refractivity contribution in [1.29, 1.82) is 0 Å². The summed E-state index contributed by atoms with van der Waals surface area (Å²) < 4.78 is 1.83. The summed E-state index contributed by atoms with van der Waals surface area (Å²) in [5.41, 5.74) is 6.01. The van der Waals surface area contributed by atoms with Crippen LogP contribution in [-0.4, -0.2) is 48.6 Å². The SMILES string of the molecule is Cc1ccc2[nH]c(C3CCCN(C(=O)CCn4nc(C)nc4C)C3)c(-c3ccncc3)c2c1. The molecule has 1 aliphatic rings. The molecule has 4 aromatic rings. The Hall–Kier alpha value is -3.48. The molecule has 5 rings (SSSR count). The number of aryl methyl sites for hydroxylation is 4. The van der Waals surface area contributed by atoms with Gasteiger partial charge < -0.3 is 9.88 Å². The van der Waals surface area contributed by atoms with Gasteiger partial charge in [0.1, 0.15) is 11.6 Å². The minimum absolute atomic E-state index is 0.185. The Kier molecular flexibility index (Phi) is 5.70. The maximum atomic E-state index is 13.1. The van der Waals surface area contributed by atoms with Crippen LogP contribution in [0.2, 0.25) is 0 Å². The number of H-pyrrole nitrogens is 1. The van der Waals surface area contributed by atoms with E-state index in [0.29, 0.717) is 13.0 Å². The molecule has 0 spiro atoms. The molecule has 0 aliphatic carbocycles. The zero-order valence-corrected chi connectivity index (χ0v) is 19.5. The van der Waals surface area contributed by atoms with Crippen LogP contribution in [0.25, 0.3) is 22.0 Å². The molecule has 1 aliphatic heterocycles. The molecule has 0 radical (unpaired) electrons. The highest BCUT2D eigenvalue weighted by atomic mass is 16.2. The number of rotatable bonds is 5. The largest absolute Gasteiger partial charge is 0.358 e. The number of fused-ring (bicyclic) bond motifs is 1. The topological polar surface area (TPSA) is 79.7 Å².